The molecule has 5 rings (SSSR count). The summed E-state index contributed by atoms with van der Waals surface area (Å²) in [5.41, 5.74) is 7.77. The maximum atomic E-state index is 15.5. The normalized spacial score (nSPS) is 18.8. The van der Waals surface area contributed by atoms with Gasteiger partial charge < -0.3 is 26.6 Å². The number of hydrogen-bond acceptors (Lipinski definition) is 8. The van der Waals surface area contributed by atoms with Crippen LogP contribution in [0.25, 0.3) is 16.8 Å². The van der Waals surface area contributed by atoms with Crippen LogP contribution in [0, 0.1) is 17.6 Å². The molecule has 2 amide bonds. The Labute approximate surface area is 241 Å². The Hall–Kier alpha value is -4.65. The zero-order chi connectivity index (χ0) is 30.1. The number of rotatable bonds is 7. The number of carbonyl (C=O) groups excluding carboxylic acids is 2. The summed E-state index contributed by atoms with van der Waals surface area (Å²) in [7, 11) is 0. The second kappa shape index (κ2) is 11.7. The number of pyridine rings is 1. The molecule has 1 fully saturated rings. The quantitative estimate of drug-likeness (QED) is 0.262. The third kappa shape index (κ3) is 5.73. The van der Waals surface area contributed by atoms with Gasteiger partial charge >= 0.3 is 0 Å². The number of amides is 2. The number of nitrogens with zero attached hydrogens (tertiary/aromatic N) is 5. The molecule has 1 aliphatic rings. The summed E-state index contributed by atoms with van der Waals surface area (Å²) in [5.74, 6) is -2.24. The molecule has 3 aromatic heterocycles. The van der Waals surface area contributed by atoms with Crippen molar-refractivity contribution in [2.75, 3.05) is 23.3 Å². The van der Waals surface area contributed by atoms with Crippen molar-refractivity contribution < 1.29 is 18.4 Å². The van der Waals surface area contributed by atoms with Crippen molar-refractivity contribution in [3.8, 4) is 11.3 Å². The molecule has 0 unspecified atom stereocenters. The first-order valence-corrected chi connectivity index (χ1v) is 13.7. The first-order valence-electron chi connectivity index (χ1n) is 13.7. The SMILES string of the molecule is CC(=O)N[C@@H]1[C@H](N)CN(c2ccncc2Nc2ncc3ccc(-c4c(F)ccc(C(=O)NC(C)C)c4F)nn23)C[C@@H]1C. The number of fused-ring (bicyclic) bond motifs is 1. The number of piperidine rings is 1. The lowest BCUT2D eigenvalue weighted by atomic mass is 9.89. The molecule has 5 N–H and O–H groups in total. The van der Waals surface area contributed by atoms with Crippen LogP contribution in [0.5, 0.6) is 0 Å². The molecular weight excluding hydrogens is 544 g/mol. The molecule has 1 aliphatic heterocycles. The van der Waals surface area contributed by atoms with Gasteiger partial charge in [0.1, 0.15) is 11.6 Å². The van der Waals surface area contributed by atoms with Crippen molar-refractivity contribution in [2.24, 2.45) is 11.7 Å². The third-order valence-electron chi connectivity index (χ3n) is 7.16. The fourth-order valence-electron chi connectivity index (χ4n) is 5.29. The number of halogens is 2. The van der Waals surface area contributed by atoms with Gasteiger partial charge in [0.05, 0.1) is 46.1 Å². The molecular formula is C29H33F2N9O2. The van der Waals surface area contributed by atoms with Crippen molar-refractivity contribution in [1.82, 2.24) is 30.2 Å². The molecule has 3 atom stereocenters. The van der Waals surface area contributed by atoms with Gasteiger partial charge in [-0.25, -0.2) is 13.8 Å². The van der Waals surface area contributed by atoms with E-state index >= 15 is 4.39 Å². The summed E-state index contributed by atoms with van der Waals surface area (Å²) >= 11 is 0. The lowest BCUT2D eigenvalue weighted by Gasteiger charge is -2.42. The van der Waals surface area contributed by atoms with E-state index in [0.29, 0.717) is 30.2 Å². The largest absolute Gasteiger partial charge is 0.368 e. The van der Waals surface area contributed by atoms with Crippen LogP contribution in [0.3, 0.4) is 0 Å². The Morgan fingerprint density at radius 1 is 1.10 bits per heavy atom. The van der Waals surface area contributed by atoms with Gasteiger partial charge in [-0.05, 0) is 50.1 Å². The summed E-state index contributed by atoms with van der Waals surface area (Å²) < 4.78 is 31.9. The van der Waals surface area contributed by atoms with Gasteiger partial charge in [0, 0.05) is 44.3 Å². The van der Waals surface area contributed by atoms with E-state index in [-0.39, 0.29) is 41.2 Å². The first-order chi connectivity index (χ1) is 20.0. The molecule has 4 aromatic rings. The van der Waals surface area contributed by atoms with Crippen LogP contribution >= 0.6 is 0 Å². The van der Waals surface area contributed by atoms with E-state index in [1.165, 1.54) is 17.5 Å². The molecule has 0 bridgehead atoms. The van der Waals surface area contributed by atoms with E-state index in [2.05, 4.69) is 35.9 Å². The highest BCUT2D eigenvalue weighted by Gasteiger charge is 2.34. The summed E-state index contributed by atoms with van der Waals surface area (Å²) in [4.78, 5) is 35.0. The van der Waals surface area contributed by atoms with Gasteiger partial charge in [-0.1, -0.05) is 6.92 Å². The van der Waals surface area contributed by atoms with E-state index in [4.69, 9.17) is 5.73 Å². The molecule has 0 aliphatic carbocycles. The Morgan fingerprint density at radius 2 is 1.88 bits per heavy atom. The molecule has 1 aromatic carbocycles. The number of aromatic nitrogens is 4. The maximum Gasteiger partial charge on any atom is 0.254 e. The monoisotopic (exact) mass is 577 g/mol. The van der Waals surface area contributed by atoms with Crippen molar-refractivity contribution in [1.29, 1.82) is 0 Å². The smallest absolute Gasteiger partial charge is 0.254 e. The van der Waals surface area contributed by atoms with Gasteiger partial charge in [-0.3, -0.25) is 14.6 Å². The molecule has 13 heteroatoms. The number of nitrogens with two attached hydrogens (primary N) is 1. The number of anilines is 3. The lowest BCUT2D eigenvalue weighted by Crippen LogP contribution is -2.61. The van der Waals surface area contributed by atoms with E-state index in [1.807, 2.05) is 13.0 Å². The minimum Gasteiger partial charge on any atom is -0.368 e. The van der Waals surface area contributed by atoms with Crippen LogP contribution in [0.15, 0.2) is 48.9 Å². The van der Waals surface area contributed by atoms with Crippen LogP contribution < -0.4 is 26.6 Å². The topological polar surface area (TPSA) is 143 Å². The van der Waals surface area contributed by atoms with Crippen LogP contribution in [0.2, 0.25) is 0 Å². The second-order valence-corrected chi connectivity index (χ2v) is 10.8. The Bertz CT molecular complexity index is 1630. The molecule has 42 heavy (non-hydrogen) atoms. The second-order valence-electron chi connectivity index (χ2n) is 10.8. The standard InChI is InChI=1S/C29H33F2N9O2/c1-15(2)35-28(42)19-6-7-20(30)25(26(19)31)22-8-5-18-11-34-29(40(18)38-22)37-23-12-33-10-9-24(23)39-13-16(3)27(21(32)14-39)36-17(4)41/h5-12,15-16,21,27H,13-14,32H2,1-4H3,(H,34,37)(H,35,42)(H,36,41)/t16-,21+,27-/m0/s1. The number of hydrogen-bond donors (Lipinski definition) is 4. The molecule has 11 nitrogen and oxygen atoms in total. The molecule has 220 valence electrons. The fourth-order valence-corrected chi connectivity index (χ4v) is 5.29. The summed E-state index contributed by atoms with van der Waals surface area (Å²) in [5, 5.41) is 13.3. The predicted octanol–water partition coefficient (Wildman–Crippen LogP) is 3.24. The average Bonchev–Trinajstić information content (AvgIpc) is 3.32. The van der Waals surface area contributed by atoms with Gasteiger partial charge in [0.2, 0.25) is 11.9 Å². The Balaban J connectivity index is 1.47. The van der Waals surface area contributed by atoms with Crippen LogP contribution in [-0.4, -0.2) is 62.6 Å². The zero-order valence-electron chi connectivity index (χ0n) is 23.7. The molecule has 0 spiro atoms. The Morgan fingerprint density at radius 3 is 2.60 bits per heavy atom. The van der Waals surface area contributed by atoms with Crippen molar-refractivity contribution >= 4 is 34.7 Å². The van der Waals surface area contributed by atoms with Crippen LogP contribution in [-0.2, 0) is 4.79 Å². The van der Waals surface area contributed by atoms with Gasteiger partial charge in [0.15, 0.2) is 0 Å². The molecule has 4 heterocycles. The molecule has 0 saturated carbocycles. The third-order valence-corrected chi connectivity index (χ3v) is 7.16. The van der Waals surface area contributed by atoms with Crippen molar-refractivity contribution in [3.63, 3.8) is 0 Å². The van der Waals surface area contributed by atoms with E-state index in [0.717, 1.165) is 17.8 Å². The van der Waals surface area contributed by atoms with Crippen molar-refractivity contribution in [3.05, 3.63) is 66.1 Å². The van der Waals surface area contributed by atoms with Gasteiger partial charge in [-0.2, -0.15) is 9.61 Å². The zero-order valence-corrected chi connectivity index (χ0v) is 23.7. The number of benzene rings is 1. The summed E-state index contributed by atoms with van der Waals surface area (Å²) in [6, 6.07) is 6.47. The van der Waals surface area contributed by atoms with Gasteiger partial charge in [-0.15, -0.1) is 0 Å². The lowest BCUT2D eigenvalue weighted by molar-refractivity contribution is -0.120. The number of carbonyl (C=O) groups is 2. The Kier molecular flexibility index (Phi) is 8.03. The predicted molar refractivity (Wildman–Crippen MR) is 155 cm³/mol. The van der Waals surface area contributed by atoms with Crippen LogP contribution in [0.1, 0.15) is 38.1 Å². The number of imidazole rings is 1. The minimum absolute atomic E-state index is 0.0102. The van der Waals surface area contributed by atoms with E-state index in [1.54, 1.807) is 38.5 Å². The van der Waals surface area contributed by atoms with Crippen molar-refractivity contribution in [2.45, 2.75) is 45.8 Å². The minimum atomic E-state index is -1.00. The van der Waals surface area contributed by atoms with E-state index in [9.17, 15) is 14.0 Å². The fraction of sp³-hybridized carbons (Fsp3) is 0.345. The summed E-state index contributed by atoms with van der Waals surface area (Å²) in [6.45, 7) is 8.15. The highest BCUT2D eigenvalue weighted by atomic mass is 19.1. The van der Waals surface area contributed by atoms with Crippen LogP contribution in [0.4, 0.5) is 26.1 Å². The molecule has 1 saturated heterocycles. The summed E-state index contributed by atoms with van der Waals surface area (Å²) in [6.07, 6.45) is 4.89. The van der Waals surface area contributed by atoms with E-state index < -0.39 is 23.1 Å². The maximum absolute atomic E-state index is 15.5. The first kappa shape index (κ1) is 28.9. The van der Waals surface area contributed by atoms with Gasteiger partial charge in [0.25, 0.3) is 5.91 Å². The molecule has 0 radical (unpaired) electrons. The number of nitrogens with one attached hydrogen (secondary N) is 3. The average molecular weight is 578 g/mol. The highest BCUT2D eigenvalue weighted by molar-refractivity contribution is 5.96. The highest BCUT2D eigenvalue weighted by Crippen LogP contribution is 2.32.